The van der Waals surface area contributed by atoms with E-state index < -0.39 is 23.2 Å². The predicted molar refractivity (Wildman–Crippen MR) is 69.0 cm³/mol. The molecule has 20 heavy (non-hydrogen) atoms. The minimum Gasteiger partial charge on any atom is -0.354 e. The zero-order chi connectivity index (χ0) is 15.1. The number of rotatable bonds is 6. The summed E-state index contributed by atoms with van der Waals surface area (Å²) in [5.41, 5.74) is -0.431. The summed E-state index contributed by atoms with van der Waals surface area (Å²) in [6.45, 7) is 3.85. The van der Waals surface area contributed by atoms with E-state index in [0.29, 0.717) is 0 Å². The van der Waals surface area contributed by atoms with Gasteiger partial charge in [-0.25, -0.2) is 9.37 Å². The lowest BCUT2D eigenvalue weighted by Gasteiger charge is -2.11. The summed E-state index contributed by atoms with van der Waals surface area (Å²) in [5, 5.41) is 5.08. The van der Waals surface area contributed by atoms with Crippen molar-refractivity contribution in [3.05, 3.63) is 29.6 Å². The van der Waals surface area contributed by atoms with E-state index in [1.807, 2.05) is 13.8 Å². The number of hydrogen-bond donors (Lipinski definition) is 2. The Bertz CT molecular complexity index is 495. The summed E-state index contributed by atoms with van der Waals surface area (Å²) in [4.78, 5) is 26.1. The first-order valence-corrected chi connectivity index (χ1v) is 6.33. The third-order valence-corrected chi connectivity index (χ3v) is 2.75. The topological polar surface area (TPSA) is 71.1 Å². The highest BCUT2D eigenvalue weighted by molar-refractivity contribution is 5.94. The van der Waals surface area contributed by atoms with Crippen LogP contribution in [-0.4, -0.2) is 29.4 Å². The van der Waals surface area contributed by atoms with Gasteiger partial charge in [0, 0.05) is 25.2 Å². The number of amides is 2. The molecule has 0 saturated heterocycles. The van der Waals surface area contributed by atoms with E-state index in [1.54, 1.807) is 0 Å². The maximum atomic E-state index is 13.3. The molecule has 0 bridgehead atoms. The number of hydrogen-bond acceptors (Lipinski definition) is 3. The van der Waals surface area contributed by atoms with Gasteiger partial charge in [-0.2, -0.15) is 4.39 Å². The summed E-state index contributed by atoms with van der Waals surface area (Å²) >= 11 is 0. The van der Waals surface area contributed by atoms with Gasteiger partial charge in [-0.15, -0.1) is 0 Å². The monoisotopic (exact) mass is 285 g/mol. The van der Waals surface area contributed by atoms with Crippen LogP contribution in [0, 0.1) is 11.8 Å². The molecule has 1 atom stereocenters. The van der Waals surface area contributed by atoms with E-state index >= 15 is 0 Å². The van der Waals surface area contributed by atoms with Crippen LogP contribution in [0.4, 0.5) is 8.78 Å². The lowest BCUT2D eigenvalue weighted by Crippen LogP contribution is -2.35. The average molecular weight is 285 g/mol. The van der Waals surface area contributed by atoms with Crippen LogP contribution in [0.15, 0.2) is 12.3 Å². The fourth-order valence-electron chi connectivity index (χ4n) is 1.43. The minimum atomic E-state index is -1.33. The van der Waals surface area contributed by atoms with Crippen LogP contribution in [0.2, 0.25) is 0 Å². The molecule has 0 aliphatic carbocycles. The third kappa shape index (κ3) is 4.56. The van der Waals surface area contributed by atoms with Crippen molar-refractivity contribution in [2.24, 2.45) is 0 Å². The van der Waals surface area contributed by atoms with Gasteiger partial charge >= 0.3 is 0 Å². The number of aromatic nitrogens is 1. The SMILES string of the molecule is CCC(C)NC(=O)CCNC(=O)c1ccnc(F)c1F. The number of carbonyl (C=O) groups excluding carboxylic acids is 2. The molecule has 0 spiro atoms. The first-order valence-electron chi connectivity index (χ1n) is 6.33. The Kier molecular flexibility index (Phi) is 6.02. The van der Waals surface area contributed by atoms with Crippen molar-refractivity contribution in [1.29, 1.82) is 0 Å². The van der Waals surface area contributed by atoms with Crippen LogP contribution >= 0.6 is 0 Å². The van der Waals surface area contributed by atoms with E-state index in [0.717, 1.165) is 18.7 Å². The summed E-state index contributed by atoms with van der Waals surface area (Å²) in [6, 6.07) is 1.14. The fourth-order valence-corrected chi connectivity index (χ4v) is 1.43. The number of carbonyl (C=O) groups is 2. The van der Waals surface area contributed by atoms with Crippen molar-refractivity contribution >= 4 is 11.8 Å². The second-order valence-corrected chi connectivity index (χ2v) is 4.35. The number of nitrogens with one attached hydrogen (secondary N) is 2. The van der Waals surface area contributed by atoms with Gasteiger partial charge in [0.05, 0.1) is 5.56 Å². The van der Waals surface area contributed by atoms with Gasteiger partial charge in [0.1, 0.15) is 0 Å². The second kappa shape index (κ2) is 7.52. The standard InChI is InChI=1S/C13H17F2N3O2/c1-3-8(2)18-10(19)5-7-17-13(20)9-4-6-16-12(15)11(9)14/h4,6,8H,3,5,7H2,1-2H3,(H,17,20)(H,18,19). The van der Waals surface area contributed by atoms with Crippen molar-refractivity contribution in [2.75, 3.05) is 6.54 Å². The lowest BCUT2D eigenvalue weighted by molar-refractivity contribution is -0.121. The highest BCUT2D eigenvalue weighted by Crippen LogP contribution is 2.08. The molecule has 1 heterocycles. The van der Waals surface area contributed by atoms with E-state index in [1.165, 1.54) is 0 Å². The summed E-state index contributed by atoms with van der Waals surface area (Å²) in [5.74, 6) is -3.61. The molecule has 1 aromatic heterocycles. The molecule has 0 aliphatic rings. The van der Waals surface area contributed by atoms with Crippen molar-refractivity contribution in [2.45, 2.75) is 32.7 Å². The minimum absolute atomic E-state index is 0.0461. The normalized spacial score (nSPS) is 11.8. The van der Waals surface area contributed by atoms with Crippen molar-refractivity contribution < 1.29 is 18.4 Å². The van der Waals surface area contributed by atoms with Gasteiger partial charge < -0.3 is 10.6 Å². The van der Waals surface area contributed by atoms with Gasteiger partial charge in [0.2, 0.25) is 11.9 Å². The Morgan fingerprint density at radius 2 is 2.10 bits per heavy atom. The number of halogens is 2. The van der Waals surface area contributed by atoms with Crippen LogP contribution < -0.4 is 10.6 Å². The molecular weight excluding hydrogens is 268 g/mol. The fraction of sp³-hybridized carbons (Fsp3) is 0.462. The molecule has 5 nitrogen and oxygen atoms in total. The van der Waals surface area contributed by atoms with Crippen molar-refractivity contribution in [3.63, 3.8) is 0 Å². The summed E-state index contributed by atoms with van der Waals surface area (Å²) in [6.07, 6.45) is 1.88. The molecule has 110 valence electrons. The van der Waals surface area contributed by atoms with Crippen LogP contribution in [0.3, 0.4) is 0 Å². The second-order valence-electron chi connectivity index (χ2n) is 4.35. The molecule has 1 rings (SSSR count). The Hall–Kier alpha value is -2.05. The third-order valence-electron chi connectivity index (χ3n) is 2.75. The van der Waals surface area contributed by atoms with Crippen molar-refractivity contribution in [3.8, 4) is 0 Å². The first-order chi connectivity index (χ1) is 9.45. The van der Waals surface area contributed by atoms with Gasteiger partial charge in [0.15, 0.2) is 5.82 Å². The number of pyridine rings is 1. The molecule has 0 fully saturated rings. The summed E-state index contributed by atoms with van der Waals surface area (Å²) < 4.78 is 26.1. The largest absolute Gasteiger partial charge is 0.354 e. The summed E-state index contributed by atoms with van der Waals surface area (Å²) in [7, 11) is 0. The molecular formula is C13H17F2N3O2. The molecule has 1 unspecified atom stereocenters. The molecule has 0 aliphatic heterocycles. The van der Waals surface area contributed by atoms with Crippen LogP contribution in [0.25, 0.3) is 0 Å². The van der Waals surface area contributed by atoms with E-state index in [-0.39, 0.29) is 24.9 Å². The van der Waals surface area contributed by atoms with Gasteiger partial charge in [0.25, 0.3) is 5.91 Å². The molecule has 0 aromatic carbocycles. The lowest BCUT2D eigenvalue weighted by atomic mass is 10.2. The Balaban J connectivity index is 2.44. The average Bonchev–Trinajstić information content (AvgIpc) is 2.41. The molecule has 0 radical (unpaired) electrons. The van der Waals surface area contributed by atoms with Gasteiger partial charge in [-0.1, -0.05) is 6.92 Å². The Morgan fingerprint density at radius 1 is 1.40 bits per heavy atom. The molecule has 7 heteroatoms. The van der Waals surface area contributed by atoms with Crippen LogP contribution in [-0.2, 0) is 4.79 Å². The van der Waals surface area contributed by atoms with E-state index in [9.17, 15) is 18.4 Å². The Morgan fingerprint density at radius 3 is 2.75 bits per heavy atom. The predicted octanol–water partition coefficient (Wildman–Crippen LogP) is 1.39. The smallest absolute Gasteiger partial charge is 0.254 e. The maximum Gasteiger partial charge on any atom is 0.254 e. The maximum absolute atomic E-state index is 13.3. The first kappa shape index (κ1) is 16.0. The quantitative estimate of drug-likeness (QED) is 0.776. The highest BCUT2D eigenvalue weighted by Gasteiger charge is 2.16. The highest BCUT2D eigenvalue weighted by atomic mass is 19.2. The molecule has 2 N–H and O–H groups in total. The molecule has 2 amide bonds. The van der Waals surface area contributed by atoms with Crippen molar-refractivity contribution in [1.82, 2.24) is 15.6 Å². The molecule has 1 aromatic rings. The van der Waals surface area contributed by atoms with E-state index in [2.05, 4.69) is 15.6 Å². The van der Waals surface area contributed by atoms with Crippen LogP contribution in [0.5, 0.6) is 0 Å². The van der Waals surface area contributed by atoms with Crippen LogP contribution in [0.1, 0.15) is 37.0 Å². The Labute approximate surface area is 115 Å². The van der Waals surface area contributed by atoms with Gasteiger partial charge in [-0.3, -0.25) is 9.59 Å². The van der Waals surface area contributed by atoms with Gasteiger partial charge in [-0.05, 0) is 19.4 Å². The van der Waals surface area contributed by atoms with E-state index in [4.69, 9.17) is 0 Å². The zero-order valence-corrected chi connectivity index (χ0v) is 11.4. The zero-order valence-electron chi connectivity index (χ0n) is 11.4. The molecule has 0 saturated carbocycles. The number of nitrogens with zero attached hydrogens (tertiary/aromatic N) is 1.